The van der Waals surface area contributed by atoms with Gasteiger partial charge in [-0.15, -0.1) is 0 Å². The van der Waals surface area contributed by atoms with Gasteiger partial charge < -0.3 is 10.1 Å². The van der Waals surface area contributed by atoms with Crippen LogP contribution in [0, 0.1) is 6.92 Å². The van der Waals surface area contributed by atoms with Crippen LogP contribution in [0.15, 0.2) is 18.2 Å². The average molecular weight is 228 g/mol. The van der Waals surface area contributed by atoms with E-state index < -0.39 is 0 Å². The lowest BCUT2D eigenvalue weighted by Gasteiger charge is -2.17. The van der Waals surface area contributed by atoms with Gasteiger partial charge in [0.15, 0.2) is 0 Å². The number of para-hydroxylation sites is 1. The highest BCUT2D eigenvalue weighted by molar-refractivity contribution is 6.33. The van der Waals surface area contributed by atoms with Gasteiger partial charge in [0.1, 0.15) is 0 Å². The molecule has 0 heterocycles. The van der Waals surface area contributed by atoms with E-state index in [9.17, 15) is 0 Å². The number of benzene rings is 1. The molecule has 0 aliphatic heterocycles. The van der Waals surface area contributed by atoms with E-state index >= 15 is 0 Å². The van der Waals surface area contributed by atoms with Crippen molar-refractivity contribution in [3.05, 3.63) is 28.8 Å². The molecule has 0 spiro atoms. The maximum absolute atomic E-state index is 6.11. The van der Waals surface area contributed by atoms with Crippen molar-refractivity contribution in [1.29, 1.82) is 0 Å². The van der Waals surface area contributed by atoms with Crippen molar-refractivity contribution in [1.82, 2.24) is 0 Å². The van der Waals surface area contributed by atoms with Gasteiger partial charge in [0.2, 0.25) is 0 Å². The highest BCUT2D eigenvalue weighted by Gasteiger charge is 2.07. The van der Waals surface area contributed by atoms with Gasteiger partial charge in [-0.1, -0.05) is 23.7 Å². The minimum absolute atomic E-state index is 0.364. The van der Waals surface area contributed by atoms with Gasteiger partial charge in [-0.2, -0.15) is 0 Å². The van der Waals surface area contributed by atoms with Crippen LogP contribution in [0.4, 0.5) is 5.69 Å². The Kier molecular flexibility index (Phi) is 4.92. The van der Waals surface area contributed by atoms with Crippen molar-refractivity contribution >= 4 is 17.3 Å². The molecule has 1 aromatic rings. The van der Waals surface area contributed by atoms with Crippen molar-refractivity contribution < 1.29 is 4.74 Å². The summed E-state index contributed by atoms with van der Waals surface area (Å²) in [7, 11) is 1.72. The summed E-state index contributed by atoms with van der Waals surface area (Å²) in [5.74, 6) is 0. The molecule has 0 saturated heterocycles. The summed E-state index contributed by atoms with van der Waals surface area (Å²) in [6.07, 6.45) is 0.973. The molecule has 0 radical (unpaired) electrons. The molecule has 0 amide bonds. The first-order valence-electron chi connectivity index (χ1n) is 5.15. The maximum atomic E-state index is 6.11. The zero-order chi connectivity index (χ0) is 11.3. The molecule has 0 aromatic heterocycles. The molecule has 0 saturated carbocycles. The Balaban J connectivity index is 2.63. The monoisotopic (exact) mass is 227 g/mol. The molecule has 1 atom stereocenters. The van der Waals surface area contributed by atoms with E-state index in [1.54, 1.807) is 7.11 Å². The second-order valence-corrected chi connectivity index (χ2v) is 4.17. The summed E-state index contributed by atoms with van der Waals surface area (Å²) in [4.78, 5) is 0. The highest BCUT2D eigenvalue weighted by Crippen LogP contribution is 2.26. The molecule has 84 valence electrons. The number of aryl methyl sites for hydroxylation is 1. The van der Waals surface area contributed by atoms with E-state index in [4.69, 9.17) is 16.3 Å². The fourth-order valence-electron chi connectivity index (χ4n) is 1.43. The fraction of sp³-hybridized carbons (Fsp3) is 0.500. The molecular formula is C12H18ClNO. The molecular weight excluding hydrogens is 210 g/mol. The minimum Gasteiger partial charge on any atom is -0.385 e. The van der Waals surface area contributed by atoms with E-state index in [0.29, 0.717) is 6.04 Å². The normalized spacial score (nSPS) is 12.5. The number of ether oxygens (including phenoxy) is 1. The molecule has 0 aliphatic rings. The topological polar surface area (TPSA) is 21.3 Å². The standard InChI is InChI=1S/C12H18ClNO/c1-9-5-4-6-11(13)12(9)14-10(2)7-8-15-3/h4-6,10,14H,7-8H2,1-3H3. The first kappa shape index (κ1) is 12.3. The van der Waals surface area contributed by atoms with Gasteiger partial charge in [-0.05, 0) is 31.9 Å². The largest absolute Gasteiger partial charge is 0.385 e. The zero-order valence-corrected chi connectivity index (χ0v) is 10.3. The first-order chi connectivity index (χ1) is 7.15. The summed E-state index contributed by atoms with van der Waals surface area (Å²) in [5.41, 5.74) is 2.20. The number of hydrogen-bond donors (Lipinski definition) is 1. The molecule has 1 N–H and O–H groups in total. The Morgan fingerprint density at radius 1 is 1.47 bits per heavy atom. The molecule has 1 aromatic carbocycles. The minimum atomic E-state index is 0.364. The van der Waals surface area contributed by atoms with Gasteiger partial charge in [0, 0.05) is 19.8 Å². The van der Waals surface area contributed by atoms with Crippen LogP contribution >= 0.6 is 11.6 Å². The lowest BCUT2D eigenvalue weighted by molar-refractivity contribution is 0.191. The number of nitrogens with one attached hydrogen (secondary N) is 1. The van der Waals surface area contributed by atoms with Crippen LogP contribution in [0.2, 0.25) is 5.02 Å². The third kappa shape index (κ3) is 3.73. The molecule has 2 nitrogen and oxygen atoms in total. The lowest BCUT2D eigenvalue weighted by atomic mass is 10.1. The number of anilines is 1. The summed E-state index contributed by atoms with van der Waals surface area (Å²) >= 11 is 6.11. The van der Waals surface area contributed by atoms with Crippen LogP contribution in [0.1, 0.15) is 18.9 Å². The van der Waals surface area contributed by atoms with Gasteiger partial charge in [0.25, 0.3) is 0 Å². The van der Waals surface area contributed by atoms with Gasteiger partial charge in [-0.25, -0.2) is 0 Å². The summed E-state index contributed by atoms with van der Waals surface area (Å²) in [5, 5.41) is 4.18. The van der Waals surface area contributed by atoms with E-state index in [1.807, 2.05) is 12.1 Å². The van der Waals surface area contributed by atoms with Crippen molar-refractivity contribution in [2.45, 2.75) is 26.3 Å². The third-order valence-electron chi connectivity index (χ3n) is 2.37. The van der Waals surface area contributed by atoms with Gasteiger partial charge in [-0.3, -0.25) is 0 Å². The molecule has 0 aliphatic carbocycles. The molecule has 3 heteroatoms. The van der Waals surface area contributed by atoms with Gasteiger partial charge in [0.05, 0.1) is 10.7 Å². The number of rotatable bonds is 5. The van der Waals surface area contributed by atoms with Crippen LogP contribution in [-0.4, -0.2) is 19.8 Å². The Hall–Kier alpha value is -0.730. The Labute approximate surface area is 96.6 Å². The Morgan fingerprint density at radius 2 is 2.20 bits per heavy atom. The molecule has 0 bridgehead atoms. The molecule has 0 fully saturated rings. The third-order valence-corrected chi connectivity index (χ3v) is 2.68. The van der Waals surface area contributed by atoms with Crippen molar-refractivity contribution in [3.8, 4) is 0 Å². The van der Waals surface area contributed by atoms with Crippen LogP contribution in [0.3, 0.4) is 0 Å². The SMILES string of the molecule is COCCC(C)Nc1c(C)cccc1Cl. The smallest absolute Gasteiger partial charge is 0.0640 e. The second kappa shape index (κ2) is 5.99. The summed E-state index contributed by atoms with van der Waals surface area (Å²) in [6, 6.07) is 6.28. The quantitative estimate of drug-likeness (QED) is 0.832. The van der Waals surface area contributed by atoms with Gasteiger partial charge >= 0.3 is 0 Å². The highest BCUT2D eigenvalue weighted by atomic mass is 35.5. The van der Waals surface area contributed by atoms with E-state index in [-0.39, 0.29) is 0 Å². The predicted octanol–water partition coefficient (Wildman–Crippen LogP) is 3.49. The van der Waals surface area contributed by atoms with E-state index in [0.717, 1.165) is 23.7 Å². The molecule has 15 heavy (non-hydrogen) atoms. The Bertz CT molecular complexity index is 294. The lowest BCUT2D eigenvalue weighted by Crippen LogP contribution is -2.18. The first-order valence-corrected chi connectivity index (χ1v) is 5.53. The number of methoxy groups -OCH3 is 1. The van der Waals surface area contributed by atoms with Crippen molar-refractivity contribution in [2.75, 3.05) is 19.0 Å². The number of halogens is 1. The van der Waals surface area contributed by atoms with E-state index in [2.05, 4.69) is 25.2 Å². The van der Waals surface area contributed by atoms with Crippen LogP contribution < -0.4 is 5.32 Å². The maximum Gasteiger partial charge on any atom is 0.0640 e. The van der Waals surface area contributed by atoms with E-state index in [1.165, 1.54) is 5.56 Å². The fourth-order valence-corrected chi connectivity index (χ4v) is 1.70. The average Bonchev–Trinajstić information content (AvgIpc) is 2.21. The zero-order valence-electron chi connectivity index (χ0n) is 9.51. The molecule has 1 rings (SSSR count). The Morgan fingerprint density at radius 3 is 2.80 bits per heavy atom. The summed E-state index contributed by atoms with van der Waals surface area (Å²) in [6.45, 7) is 4.94. The van der Waals surface area contributed by atoms with Crippen molar-refractivity contribution in [3.63, 3.8) is 0 Å². The predicted molar refractivity (Wildman–Crippen MR) is 65.8 cm³/mol. The van der Waals surface area contributed by atoms with Crippen LogP contribution in [0.25, 0.3) is 0 Å². The van der Waals surface area contributed by atoms with Crippen LogP contribution in [-0.2, 0) is 4.74 Å². The molecule has 1 unspecified atom stereocenters. The second-order valence-electron chi connectivity index (χ2n) is 3.76. The van der Waals surface area contributed by atoms with Crippen LogP contribution in [0.5, 0.6) is 0 Å². The van der Waals surface area contributed by atoms with Crippen molar-refractivity contribution in [2.24, 2.45) is 0 Å². The summed E-state index contributed by atoms with van der Waals surface area (Å²) < 4.78 is 5.04. The number of hydrogen-bond acceptors (Lipinski definition) is 2.